The molecular formula is C19H27NO. The molecular weight excluding hydrogens is 258 g/mol. The van der Waals surface area contributed by atoms with Gasteiger partial charge in [-0.05, 0) is 79.9 Å². The largest absolute Gasteiger partial charge is 0.396 e. The van der Waals surface area contributed by atoms with E-state index in [4.69, 9.17) is 5.11 Å². The van der Waals surface area contributed by atoms with Crippen LogP contribution in [0.4, 0.5) is 5.69 Å². The van der Waals surface area contributed by atoms with E-state index in [9.17, 15) is 0 Å². The van der Waals surface area contributed by atoms with Crippen LogP contribution < -0.4 is 5.32 Å². The van der Waals surface area contributed by atoms with Crippen LogP contribution in [0.3, 0.4) is 0 Å². The zero-order chi connectivity index (χ0) is 14.2. The van der Waals surface area contributed by atoms with E-state index in [1.54, 1.807) is 0 Å². The van der Waals surface area contributed by atoms with Gasteiger partial charge in [-0.3, -0.25) is 0 Å². The Morgan fingerprint density at radius 3 is 2.90 bits per heavy atom. The van der Waals surface area contributed by atoms with Gasteiger partial charge < -0.3 is 10.4 Å². The van der Waals surface area contributed by atoms with Crippen molar-refractivity contribution in [3.8, 4) is 0 Å². The third-order valence-corrected chi connectivity index (χ3v) is 6.33. The second-order valence-corrected chi connectivity index (χ2v) is 7.43. The molecule has 0 aliphatic heterocycles. The Balaban J connectivity index is 1.43. The number of hydrogen-bond donors (Lipinski definition) is 2. The number of anilines is 1. The second kappa shape index (κ2) is 5.64. The van der Waals surface area contributed by atoms with Gasteiger partial charge in [0.1, 0.15) is 0 Å². The highest BCUT2D eigenvalue weighted by molar-refractivity contribution is 5.47. The molecule has 0 spiro atoms. The predicted molar refractivity (Wildman–Crippen MR) is 86.3 cm³/mol. The maximum Gasteiger partial charge on any atom is 0.0434 e. The van der Waals surface area contributed by atoms with E-state index in [2.05, 4.69) is 29.6 Å². The molecule has 5 atom stereocenters. The highest BCUT2D eigenvalue weighted by Crippen LogP contribution is 2.59. The van der Waals surface area contributed by atoms with E-state index < -0.39 is 0 Å². The van der Waals surface area contributed by atoms with E-state index in [0.717, 1.165) is 36.5 Å². The van der Waals surface area contributed by atoms with Gasteiger partial charge in [-0.15, -0.1) is 0 Å². The van der Waals surface area contributed by atoms with Crippen LogP contribution in [0.2, 0.25) is 0 Å². The van der Waals surface area contributed by atoms with Crippen LogP contribution in [0.15, 0.2) is 24.3 Å². The monoisotopic (exact) mass is 285 g/mol. The maximum absolute atomic E-state index is 8.97. The highest BCUT2D eigenvalue weighted by Gasteiger charge is 2.53. The third kappa shape index (κ3) is 2.48. The van der Waals surface area contributed by atoms with E-state index >= 15 is 0 Å². The van der Waals surface area contributed by atoms with Crippen molar-refractivity contribution in [1.82, 2.24) is 0 Å². The zero-order valence-corrected chi connectivity index (χ0v) is 12.8. The fourth-order valence-corrected chi connectivity index (χ4v) is 5.55. The fraction of sp³-hybridized carbons (Fsp3) is 0.684. The van der Waals surface area contributed by atoms with E-state index in [0.29, 0.717) is 6.04 Å². The second-order valence-electron chi connectivity index (χ2n) is 7.43. The molecule has 0 amide bonds. The first-order valence-electron chi connectivity index (χ1n) is 8.81. The van der Waals surface area contributed by atoms with Gasteiger partial charge in [0.15, 0.2) is 0 Å². The summed E-state index contributed by atoms with van der Waals surface area (Å²) in [6, 6.07) is 9.53. The number of hydrogen-bond acceptors (Lipinski definition) is 2. The van der Waals surface area contributed by atoms with Crippen molar-refractivity contribution < 1.29 is 5.11 Å². The molecule has 2 nitrogen and oxygen atoms in total. The summed E-state index contributed by atoms with van der Waals surface area (Å²) in [6.45, 7) is 0.285. The van der Waals surface area contributed by atoms with Crippen molar-refractivity contribution in [2.24, 2.45) is 23.7 Å². The third-order valence-electron chi connectivity index (χ3n) is 6.33. The molecule has 1 aromatic rings. The van der Waals surface area contributed by atoms with Gasteiger partial charge in [0.05, 0.1) is 0 Å². The Bertz CT molecular complexity index is 500. The summed E-state index contributed by atoms with van der Waals surface area (Å²) in [6.07, 6.45) is 9.19. The summed E-state index contributed by atoms with van der Waals surface area (Å²) >= 11 is 0. The molecule has 3 fully saturated rings. The lowest BCUT2D eigenvalue weighted by Crippen LogP contribution is -2.33. The molecule has 5 unspecified atom stereocenters. The summed E-state index contributed by atoms with van der Waals surface area (Å²) in [5, 5.41) is 12.8. The SMILES string of the molecule is OCCCc1cccc(NC2CC3CC2C2CCCC32)c1. The lowest BCUT2D eigenvalue weighted by atomic mass is 9.79. The number of aryl methyl sites for hydroxylation is 1. The van der Waals surface area contributed by atoms with Crippen LogP contribution in [-0.2, 0) is 6.42 Å². The zero-order valence-electron chi connectivity index (χ0n) is 12.8. The Morgan fingerprint density at radius 2 is 2.00 bits per heavy atom. The minimum Gasteiger partial charge on any atom is -0.396 e. The van der Waals surface area contributed by atoms with Crippen LogP contribution in [0.5, 0.6) is 0 Å². The Hall–Kier alpha value is -1.02. The van der Waals surface area contributed by atoms with Crippen molar-refractivity contribution in [3.63, 3.8) is 0 Å². The van der Waals surface area contributed by atoms with Gasteiger partial charge in [0, 0.05) is 18.3 Å². The average Bonchev–Trinajstić information content (AvgIpc) is 3.17. The molecule has 0 saturated heterocycles. The molecule has 2 bridgehead atoms. The van der Waals surface area contributed by atoms with Crippen molar-refractivity contribution in [2.75, 3.05) is 11.9 Å². The van der Waals surface area contributed by atoms with Crippen LogP contribution in [0.25, 0.3) is 0 Å². The molecule has 114 valence electrons. The van der Waals surface area contributed by atoms with Gasteiger partial charge in [-0.1, -0.05) is 18.6 Å². The molecule has 1 aromatic carbocycles. The van der Waals surface area contributed by atoms with Crippen molar-refractivity contribution in [1.29, 1.82) is 0 Å². The van der Waals surface area contributed by atoms with Crippen LogP contribution in [-0.4, -0.2) is 17.8 Å². The van der Waals surface area contributed by atoms with Crippen LogP contribution in [0.1, 0.15) is 44.1 Å². The van der Waals surface area contributed by atoms with Gasteiger partial charge in [-0.25, -0.2) is 0 Å². The van der Waals surface area contributed by atoms with Gasteiger partial charge in [-0.2, -0.15) is 0 Å². The van der Waals surface area contributed by atoms with Crippen molar-refractivity contribution >= 4 is 5.69 Å². The van der Waals surface area contributed by atoms with Gasteiger partial charge >= 0.3 is 0 Å². The number of fused-ring (bicyclic) bond motifs is 5. The molecule has 21 heavy (non-hydrogen) atoms. The highest BCUT2D eigenvalue weighted by atomic mass is 16.2. The molecule has 3 saturated carbocycles. The first-order chi connectivity index (χ1) is 10.3. The first-order valence-corrected chi connectivity index (χ1v) is 8.81. The molecule has 4 rings (SSSR count). The topological polar surface area (TPSA) is 32.3 Å². The maximum atomic E-state index is 8.97. The quantitative estimate of drug-likeness (QED) is 0.861. The number of rotatable bonds is 5. The summed E-state index contributed by atoms with van der Waals surface area (Å²) in [7, 11) is 0. The number of aliphatic hydroxyl groups is 1. The van der Waals surface area contributed by atoms with Crippen molar-refractivity contribution in [3.05, 3.63) is 29.8 Å². The lowest BCUT2D eigenvalue weighted by Gasteiger charge is -2.32. The normalized spacial score (nSPS) is 36.9. The van der Waals surface area contributed by atoms with E-state index in [-0.39, 0.29) is 6.61 Å². The smallest absolute Gasteiger partial charge is 0.0434 e. The summed E-state index contributed by atoms with van der Waals surface area (Å²) in [5.74, 6) is 4.05. The summed E-state index contributed by atoms with van der Waals surface area (Å²) in [4.78, 5) is 0. The molecule has 0 aromatic heterocycles. The van der Waals surface area contributed by atoms with E-state index in [1.807, 2.05) is 0 Å². The molecule has 3 aliphatic rings. The van der Waals surface area contributed by atoms with Crippen molar-refractivity contribution in [2.45, 2.75) is 51.0 Å². The minimum atomic E-state index is 0.285. The Kier molecular flexibility index (Phi) is 3.66. The molecule has 0 radical (unpaired) electrons. The number of aliphatic hydroxyl groups excluding tert-OH is 1. The van der Waals surface area contributed by atoms with E-state index in [1.165, 1.54) is 43.4 Å². The molecule has 2 heteroatoms. The minimum absolute atomic E-state index is 0.285. The Morgan fingerprint density at radius 1 is 1.10 bits per heavy atom. The number of benzene rings is 1. The number of nitrogens with one attached hydrogen (secondary N) is 1. The predicted octanol–water partition coefficient (Wildman–Crippen LogP) is 3.85. The van der Waals surface area contributed by atoms with Gasteiger partial charge in [0.2, 0.25) is 0 Å². The van der Waals surface area contributed by atoms with Crippen LogP contribution >= 0.6 is 0 Å². The summed E-state index contributed by atoms with van der Waals surface area (Å²) < 4.78 is 0. The average molecular weight is 285 g/mol. The van der Waals surface area contributed by atoms with Crippen LogP contribution in [0, 0.1) is 23.7 Å². The first kappa shape index (κ1) is 13.6. The Labute approximate surface area is 128 Å². The van der Waals surface area contributed by atoms with Gasteiger partial charge in [0.25, 0.3) is 0 Å². The lowest BCUT2D eigenvalue weighted by molar-refractivity contribution is 0.243. The standard InChI is InChI=1S/C19H27NO/c21-9-3-5-13-4-1-6-15(10-13)20-19-12-14-11-18(19)17-8-2-7-16(14)17/h1,4,6,10,14,16-21H,2-3,5,7-9,11-12H2. The summed E-state index contributed by atoms with van der Waals surface area (Å²) in [5.41, 5.74) is 2.63. The molecule has 2 N–H and O–H groups in total. The molecule has 0 heterocycles. The molecule has 3 aliphatic carbocycles. The fourth-order valence-electron chi connectivity index (χ4n) is 5.55.